The Morgan fingerprint density at radius 1 is 1.15 bits per heavy atom. The second-order valence-corrected chi connectivity index (χ2v) is 6.57. The Morgan fingerprint density at radius 2 is 1.96 bits per heavy atom. The van der Waals surface area contributed by atoms with E-state index in [9.17, 15) is 4.79 Å². The van der Waals surface area contributed by atoms with Gasteiger partial charge in [0, 0.05) is 18.2 Å². The first-order valence-corrected chi connectivity index (χ1v) is 8.70. The summed E-state index contributed by atoms with van der Waals surface area (Å²) in [5.41, 5.74) is 3.38. The highest BCUT2D eigenvalue weighted by Crippen LogP contribution is 2.27. The van der Waals surface area contributed by atoms with E-state index in [2.05, 4.69) is 27.8 Å². The van der Waals surface area contributed by atoms with Crippen LogP contribution in [0.5, 0.6) is 0 Å². The summed E-state index contributed by atoms with van der Waals surface area (Å²) in [5, 5.41) is 6.09. The zero-order valence-electron chi connectivity index (χ0n) is 14.4. The van der Waals surface area contributed by atoms with Crippen LogP contribution < -0.4 is 10.6 Å². The normalized spacial score (nSPS) is 13.4. The summed E-state index contributed by atoms with van der Waals surface area (Å²) in [5.74, 6) is 1.40. The molecule has 0 unspecified atom stereocenters. The fraction of sp³-hybridized carbons (Fsp3) is 0.300. The van der Waals surface area contributed by atoms with E-state index in [1.165, 1.54) is 12.8 Å². The Bertz CT molecular complexity index is 875. The Kier molecular flexibility index (Phi) is 5.91. The number of fused-ring (bicyclic) bond motifs is 1. The molecule has 6 heteroatoms. The fourth-order valence-electron chi connectivity index (χ4n) is 2.81. The number of halogens is 1. The molecule has 0 bridgehead atoms. The summed E-state index contributed by atoms with van der Waals surface area (Å²) in [7, 11) is 0. The number of anilines is 1. The van der Waals surface area contributed by atoms with Crippen molar-refractivity contribution in [3.63, 3.8) is 0 Å². The fourth-order valence-corrected chi connectivity index (χ4v) is 2.81. The zero-order chi connectivity index (χ0) is 17.1. The highest BCUT2D eigenvalue weighted by Gasteiger charge is 2.20. The van der Waals surface area contributed by atoms with Crippen LogP contribution in [0.15, 0.2) is 52.9 Å². The van der Waals surface area contributed by atoms with Gasteiger partial charge in [-0.25, -0.2) is 4.98 Å². The number of hydrogen-bond donors (Lipinski definition) is 2. The van der Waals surface area contributed by atoms with Crippen molar-refractivity contribution in [2.75, 3.05) is 18.4 Å². The number of carbonyl (C=O) groups is 1. The number of benzene rings is 2. The number of nitrogens with one attached hydrogen (secondary N) is 2. The van der Waals surface area contributed by atoms with Crippen LogP contribution in [0.4, 0.5) is 5.69 Å². The molecule has 136 valence electrons. The number of aromatic nitrogens is 1. The van der Waals surface area contributed by atoms with Crippen LogP contribution in [-0.2, 0) is 11.2 Å². The minimum Gasteiger partial charge on any atom is -0.440 e. The van der Waals surface area contributed by atoms with Crippen LogP contribution >= 0.6 is 12.4 Å². The standard InChI is InChI=1S/C20H21N3O2.ClH/c24-19(13-21-12-15-6-7-15)22-16-8-9-17-18(11-16)25-20(23-17)10-14-4-2-1-3-5-14;/h1-5,8-9,11,15,21H,6-7,10,12-13H2,(H,22,24);1H. The van der Waals surface area contributed by atoms with Gasteiger partial charge in [0.1, 0.15) is 5.52 Å². The molecule has 4 rings (SSSR count). The molecular formula is C20H22ClN3O2. The van der Waals surface area contributed by atoms with Gasteiger partial charge in [-0.05, 0) is 43.0 Å². The van der Waals surface area contributed by atoms with Crippen molar-refractivity contribution in [3.8, 4) is 0 Å². The molecule has 0 radical (unpaired) electrons. The van der Waals surface area contributed by atoms with Crippen LogP contribution in [-0.4, -0.2) is 24.0 Å². The van der Waals surface area contributed by atoms with Gasteiger partial charge in [-0.1, -0.05) is 30.3 Å². The van der Waals surface area contributed by atoms with Gasteiger partial charge in [0.05, 0.1) is 6.54 Å². The monoisotopic (exact) mass is 371 g/mol. The predicted octanol–water partition coefficient (Wildman–Crippen LogP) is 3.78. The van der Waals surface area contributed by atoms with E-state index in [1.54, 1.807) is 0 Å². The molecule has 1 aromatic heterocycles. The van der Waals surface area contributed by atoms with E-state index in [-0.39, 0.29) is 18.3 Å². The maximum Gasteiger partial charge on any atom is 0.238 e. The van der Waals surface area contributed by atoms with Gasteiger partial charge < -0.3 is 15.1 Å². The molecule has 0 atom stereocenters. The van der Waals surface area contributed by atoms with Crippen molar-refractivity contribution >= 4 is 35.1 Å². The molecule has 26 heavy (non-hydrogen) atoms. The average molecular weight is 372 g/mol. The quantitative estimate of drug-likeness (QED) is 0.663. The third-order valence-electron chi connectivity index (χ3n) is 4.33. The highest BCUT2D eigenvalue weighted by molar-refractivity contribution is 5.94. The molecule has 1 heterocycles. The molecule has 1 fully saturated rings. The number of nitrogens with zero attached hydrogens (tertiary/aromatic N) is 1. The van der Waals surface area contributed by atoms with Gasteiger partial charge >= 0.3 is 0 Å². The summed E-state index contributed by atoms with van der Waals surface area (Å²) >= 11 is 0. The Balaban J connectivity index is 0.00000196. The Morgan fingerprint density at radius 3 is 2.73 bits per heavy atom. The average Bonchev–Trinajstić information content (AvgIpc) is 3.34. The lowest BCUT2D eigenvalue weighted by atomic mass is 10.1. The van der Waals surface area contributed by atoms with Crippen LogP contribution in [0.1, 0.15) is 24.3 Å². The van der Waals surface area contributed by atoms with Gasteiger partial charge in [-0.15, -0.1) is 12.4 Å². The maximum atomic E-state index is 12.0. The van der Waals surface area contributed by atoms with Crippen molar-refractivity contribution in [1.29, 1.82) is 0 Å². The van der Waals surface area contributed by atoms with Gasteiger partial charge in [0.25, 0.3) is 0 Å². The smallest absolute Gasteiger partial charge is 0.238 e. The maximum absolute atomic E-state index is 12.0. The van der Waals surface area contributed by atoms with E-state index in [0.29, 0.717) is 24.4 Å². The lowest BCUT2D eigenvalue weighted by molar-refractivity contribution is -0.115. The van der Waals surface area contributed by atoms with E-state index in [4.69, 9.17) is 4.42 Å². The molecule has 0 aliphatic heterocycles. The zero-order valence-corrected chi connectivity index (χ0v) is 15.2. The van der Waals surface area contributed by atoms with Crippen LogP contribution in [0.2, 0.25) is 0 Å². The minimum atomic E-state index is -0.0379. The summed E-state index contributed by atoms with van der Waals surface area (Å²) in [6, 6.07) is 15.7. The summed E-state index contributed by atoms with van der Waals surface area (Å²) in [4.78, 5) is 16.5. The second kappa shape index (κ2) is 8.34. The molecular weight excluding hydrogens is 350 g/mol. The topological polar surface area (TPSA) is 67.2 Å². The lowest BCUT2D eigenvalue weighted by Crippen LogP contribution is -2.29. The molecule has 1 amide bonds. The minimum absolute atomic E-state index is 0. The lowest BCUT2D eigenvalue weighted by Gasteiger charge is -2.05. The van der Waals surface area contributed by atoms with Crippen molar-refractivity contribution in [2.45, 2.75) is 19.3 Å². The van der Waals surface area contributed by atoms with Gasteiger partial charge in [-0.3, -0.25) is 4.79 Å². The molecule has 1 aliphatic carbocycles. The molecule has 1 saturated carbocycles. The summed E-state index contributed by atoms with van der Waals surface area (Å²) in [6.45, 7) is 1.27. The van der Waals surface area contributed by atoms with Crippen molar-refractivity contribution < 1.29 is 9.21 Å². The first kappa shape index (κ1) is 18.4. The number of oxazole rings is 1. The van der Waals surface area contributed by atoms with Crippen LogP contribution in [0.3, 0.4) is 0 Å². The molecule has 1 aliphatic rings. The Hall–Kier alpha value is -2.37. The first-order chi connectivity index (χ1) is 12.3. The number of carbonyl (C=O) groups excluding carboxylic acids is 1. The highest BCUT2D eigenvalue weighted by atomic mass is 35.5. The molecule has 5 nitrogen and oxygen atoms in total. The van der Waals surface area contributed by atoms with Crippen molar-refractivity contribution in [1.82, 2.24) is 10.3 Å². The number of hydrogen-bond acceptors (Lipinski definition) is 4. The van der Waals surface area contributed by atoms with Crippen LogP contribution in [0, 0.1) is 5.92 Å². The largest absolute Gasteiger partial charge is 0.440 e. The second-order valence-electron chi connectivity index (χ2n) is 6.57. The third kappa shape index (κ3) is 4.84. The Labute approximate surface area is 158 Å². The molecule has 3 aromatic rings. The first-order valence-electron chi connectivity index (χ1n) is 8.70. The number of amides is 1. The molecule has 0 saturated heterocycles. The summed E-state index contributed by atoms with van der Waals surface area (Å²) < 4.78 is 5.84. The third-order valence-corrected chi connectivity index (χ3v) is 4.33. The van der Waals surface area contributed by atoms with E-state index in [0.717, 1.165) is 29.2 Å². The van der Waals surface area contributed by atoms with Crippen molar-refractivity contribution in [2.24, 2.45) is 5.92 Å². The SMILES string of the molecule is Cl.O=C(CNCC1CC1)Nc1ccc2nc(Cc3ccccc3)oc2c1. The number of rotatable bonds is 7. The van der Waals surface area contributed by atoms with E-state index < -0.39 is 0 Å². The molecule has 2 N–H and O–H groups in total. The van der Waals surface area contributed by atoms with E-state index in [1.807, 2.05) is 36.4 Å². The molecule has 2 aromatic carbocycles. The van der Waals surface area contributed by atoms with Crippen LogP contribution in [0.25, 0.3) is 11.1 Å². The van der Waals surface area contributed by atoms with Gasteiger partial charge in [0.2, 0.25) is 5.91 Å². The van der Waals surface area contributed by atoms with E-state index >= 15 is 0 Å². The van der Waals surface area contributed by atoms with Crippen molar-refractivity contribution in [3.05, 3.63) is 60.0 Å². The summed E-state index contributed by atoms with van der Waals surface area (Å²) in [6.07, 6.45) is 3.21. The molecule has 0 spiro atoms. The predicted molar refractivity (Wildman–Crippen MR) is 105 cm³/mol. The van der Waals surface area contributed by atoms with Gasteiger partial charge in [0.15, 0.2) is 11.5 Å². The van der Waals surface area contributed by atoms with Gasteiger partial charge in [-0.2, -0.15) is 0 Å².